The zero-order chi connectivity index (χ0) is 12.4. The summed E-state index contributed by atoms with van der Waals surface area (Å²) in [5.41, 5.74) is 3.11. The molecule has 0 saturated heterocycles. The molecule has 0 amide bonds. The normalized spacial score (nSPS) is 12.5. The van der Waals surface area contributed by atoms with E-state index in [1.165, 1.54) is 0 Å². The minimum Gasteiger partial charge on any atom is -0.375 e. The summed E-state index contributed by atoms with van der Waals surface area (Å²) in [5.74, 6) is 0. The summed E-state index contributed by atoms with van der Waals surface area (Å²) in [7, 11) is 0. The highest BCUT2D eigenvalue weighted by Gasteiger charge is 2.10. The number of halogens is 1. The molecule has 2 rings (SSSR count). The predicted octanol–water partition coefficient (Wildman–Crippen LogP) is 4.09. The summed E-state index contributed by atoms with van der Waals surface area (Å²) in [6.07, 6.45) is 0. The van der Waals surface area contributed by atoms with Crippen molar-refractivity contribution in [3.63, 3.8) is 0 Å². The Labute approximate surface area is 113 Å². The molecule has 0 aromatic carbocycles. The van der Waals surface area contributed by atoms with Crippen LogP contribution in [-0.2, 0) is 0 Å². The summed E-state index contributed by atoms with van der Waals surface area (Å²) in [6.45, 7) is 6.12. The van der Waals surface area contributed by atoms with Crippen LogP contribution < -0.4 is 5.32 Å². The fourth-order valence-electron chi connectivity index (χ4n) is 1.57. The molecule has 2 aromatic rings. The molecular weight excluding hydrogens is 298 g/mol. The van der Waals surface area contributed by atoms with Gasteiger partial charge in [-0.1, -0.05) is 0 Å². The van der Waals surface area contributed by atoms with Crippen molar-refractivity contribution in [2.24, 2.45) is 0 Å². The molecular formula is C12H14BrN3S. The highest BCUT2D eigenvalue weighted by atomic mass is 79.9. The number of anilines is 1. The van der Waals surface area contributed by atoms with Crippen molar-refractivity contribution >= 4 is 33.0 Å². The van der Waals surface area contributed by atoms with Gasteiger partial charge in [0.15, 0.2) is 0 Å². The number of hydrogen-bond acceptors (Lipinski definition) is 4. The van der Waals surface area contributed by atoms with E-state index >= 15 is 0 Å². The Morgan fingerprint density at radius 2 is 2.06 bits per heavy atom. The summed E-state index contributed by atoms with van der Waals surface area (Å²) in [6, 6.07) is 4.16. The number of aryl methyl sites for hydroxylation is 2. The molecule has 17 heavy (non-hydrogen) atoms. The first-order valence-electron chi connectivity index (χ1n) is 5.38. The maximum Gasteiger partial charge on any atom is 0.106 e. The van der Waals surface area contributed by atoms with Gasteiger partial charge in [-0.05, 0) is 48.8 Å². The van der Waals surface area contributed by atoms with Crippen LogP contribution in [0.15, 0.2) is 22.1 Å². The second-order valence-electron chi connectivity index (χ2n) is 3.92. The van der Waals surface area contributed by atoms with Crippen molar-refractivity contribution in [2.45, 2.75) is 26.8 Å². The first-order chi connectivity index (χ1) is 8.06. The fourth-order valence-corrected chi connectivity index (χ4v) is 2.67. The third kappa shape index (κ3) is 3.04. The molecule has 0 radical (unpaired) electrons. The minimum atomic E-state index is 0.196. The lowest BCUT2D eigenvalue weighted by Gasteiger charge is -2.14. The summed E-state index contributed by atoms with van der Waals surface area (Å²) in [4.78, 5) is 8.84. The molecule has 0 aliphatic rings. The molecule has 1 N–H and O–H groups in total. The third-order valence-corrected chi connectivity index (χ3v) is 3.74. The Morgan fingerprint density at radius 1 is 1.29 bits per heavy atom. The van der Waals surface area contributed by atoms with E-state index in [0.717, 1.165) is 26.7 Å². The van der Waals surface area contributed by atoms with Gasteiger partial charge in [-0.15, -0.1) is 11.3 Å². The van der Waals surface area contributed by atoms with Gasteiger partial charge in [0.25, 0.3) is 0 Å². The van der Waals surface area contributed by atoms with E-state index in [-0.39, 0.29) is 6.04 Å². The topological polar surface area (TPSA) is 37.8 Å². The number of rotatable bonds is 3. The van der Waals surface area contributed by atoms with Crippen molar-refractivity contribution < 1.29 is 0 Å². The number of nitrogens with zero attached hydrogens (tertiary/aromatic N) is 2. The van der Waals surface area contributed by atoms with Crippen LogP contribution in [0.4, 0.5) is 5.69 Å². The van der Waals surface area contributed by atoms with E-state index in [4.69, 9.17) is 0 Å². The van der Waals surface area contributed by atoms with Crippen molar-refractivity contribution in [3.05, 3.63) is 38.5 Å². The lowest BCUT2D eigenvalue weighted by Crippen LogP contribution is -2.08. The number of thiazole rings is 1. The number of nitrogens with one attached hydrogen (secondary N) is 1. The van der Waals surface area contributed by atoms with Crippen LogP contribution in [0.25, 0.3) is 0 Å². The van der Waals surface area contributed by atoms with Gasteiger partial charge in [0, 0.05) is 5.38 Å². The van der Waals surface area contributed by atoms with Gasteiger partial charge in [-0.2, -0.15) is 0 Å². The molecule has 90 valence electrons. The Bertz CT molecular complexity index is 524. The van der Waals surface area contributed by atoms with E-state index in [1.54, 1.807) is 11.3 Å². The molecule has 2 aromatic heterocycles. The van der Waals surface area contributed by atoms with Crippen LogP contribution in [0.2, 0.25) is 0 Å². The molecule has 1 unspecified atom stereocenters. The molecule has 1 atom stereocenters. The monoisotopic (exact) mass is 311 g/mol. The van der Waals surface area contributed by atoms with E-state index < -0.39 is 0 Å². The summed E-state index contributed by atoms with van der Waals surface area (Å²) >= 11 is 5.04. The summed E-state index contributed by atoms with van der Waals surface area (Å²) in [5, 5.41) is 6.62. The molecule has 0 bridgehead atoms. The zero-order valence-corrected chi connectivity index (χ0v) is 12.4. The lowest BCUT2D eigenvalue weighted by molar-refractivity contribution is 0.841. The highest BCUT2D eigenvalue weighted by Crippen LogP contribution is 2.23. The standard InChI is InChI=1S/C12H14BrN3S/c1-7-10(4-5-12(13)15-7)14-8(2)11-6-17-9(3)16-11/h4-6,8,14H,1-3H3. The van der Waals surface area contributed by atoms with Crippen molar-refractivity contribution in [3.8, 4) is 0 Å². The van der Waals surface area contributed by atoms with Gasteiger partial charge < -0.3 is 5.32 Å². The molecule has 5 heteroatoms. The maximum absolute atomic E-state index is 4.48. The van der Waals surface area contributed by atoms with Gasteiger partial charge >= 0.3 is 0 Å². The number of pyridine rings is 1. The molecule has 0 spiro atoms. The average molecular weight is 312 g/mol. The van der Waals surface area contributed by atoms with E-state index in [9.17, 15) is 0 Å². The minimum absolute atomic E-state index is 0.196. The Kier molecular flexibility index (Phi) is 3.79. The molecule has 0 aliphatic heterocycles. The smallest absolute Gasteiger partial charge is 0.106 e. The fraction of sp³-hybridized carbons (Fsp3) is 0.333. The van der Waals surface area contributed by atoms with Crippen LogP contribution in [0.3, 0.4) is 0 Å². The van der Waals surface area contributed by atoms with Crippen molar-refractivity contribution in [1.29, 1.82) is 0 Å². The van der Waals surface area contributed by atoms with E-state index in [0.29, 0.717) is 0 Å². The van der Waals surface area contributed by atoms with Gasteiger partial charge in [0.1, 0.15) is 4.60 Å². The first-order valence-corrected chi connectivity index (χ1v) is 7.05. The number of aromatic nitrogens is 2. The summed E-state index contributed by atoms with van der Waals surface area (Å²) < 4.78 is 0.859. The SMILES string of the molecule is Cc1nc(C(C)Nc2ccc(Br)nc2C)cs1. The highest BCUT2D eigenvalue weighted by molar-refractivity contribution is 9.10. The lowest BCUT2D eigenvalue weighted by atomic mass is 10.2. The Balaban J connectivity index is 2.15. The van der Waals surface area contributed by atoms with E-state index in [2.05, 4.69) is 43.5 Å². The predicted molar refractivity (Wildman–Crippen MR) is 75.6 cm³/mol. The van der Waals surface area contributed by atoms with Crippen molar-refractivity contribution in [2.75, 3.05) is 5.32 Å². The van der Waals surface area contributed by atoms with Gasteiger partial charge in [0.2, 0.25) is 0 Å². The first kappa shape index (κ1) is 12.5. The van der Waals surface area contributed by atoms with Crippen LogP contribution in [0, 0.1) is 13.8 Å². The third-order valence-electron chi connectivity index (χ3n) is 2.50. The number of hydrogen-bond donors (Lipinski definition) is 1. The maximum atomic E-state index is 4.48. The second kappa shape index (κ2) is 5.14. The molecule has 2 heterocycles. The van der Waals surface area contributed by atoms with Crippen LogP contribution in [0.1, 0.15) is 29.4 Å². The average Bonchev–Trinajstić information content (AvgIpc) is 2.69. The van der Waals surface area contributed by atoms with Gasteiger partial charge in [-0.25, -0.2) is 9.97 Å². The van der Waals surface area contributed by atoms with Crippen LogP contribution in [0.5, 0.6) is 0 Å². The Morgan fingerprint density at radius 3 is 2.65 bits per heavy atom. The quantitative estimate of drug-likeness (QED) is 0.868. The largest absolute Gasteiger partial charge is 0.375 e. The van der Waals surface area contributed by atoms with Crippen molar-refractivity contribution in [1.82, 2.24) is 9.97 Å². The Hall–Kier alpha value is -0.940. The molecule has 0 fully saturated rings. The molecule has 0 saturated carbocycles. The van der Waals surface area contributed by atoms with E-state index in [1.807, 2.05) is 26.0 Å². The molecule has 3 nitrogen and oxygen atoms in total. The molecule has 0 aliphatic carbocycles. The van der Waals surface area contributed by atoms with Crippen LogP contribution >= 0.6 is 27.3 Å². The van der Waals surface area contributed by atoms with Gasteiger partial charge in [-0.3, -0.25) is 0 Å². The van der Waals surface area contributed by atoms with Gasteiger partial charge in [0.05, 0.1) is 28.1 Å². The zero-order valence-electron chi connectivity index (χ0n) is 9.99. The second-order valence-corrected chi connectivity index (χ2v) is 5.80. The van der Waals surface area contributed by atoms with Crippen LogP contribution in [-0.4, -0.2) is 9.97 Å².